The number of hydrazine groups is 1. The standard InChI is InChI=1S/C8H7ClN2S2/c9-7-3-1-6(2-4-7)8-5-10-11(12)13-8/h1-5,10,12H. The second-order valence-corrected chi connectivity index (χ2v) is 4.60. The topological polar surface area (TPSA) is 15.3 Å². The van der Waals surface area contributed by atoms with Gasteiger partial charge < -0.3 is 5.43 Å². The highest BCUT2D eigenvalue weighted by molar-refractivity contribution is 8.12. The number of benzene rings is 1. The van der Waals surface area contributed by atoms with Crippen molar-refractivity contribution in [3.63, 3.8) is 0 Å². The van der Waals surface area contributed by atoms with E-state index < -0.39 is 0 Å². The van der Waals surface area contributed by atoms with E-state index in [1.54, 1.807) is 3.82 Å². The van der Waals surface area contributed by atoms with Crippen molar-refractivity contribution in [2.45, 2.75) is 0 Å². The zero-order valence-electron chi connectivity index (χ0n) is 6.57. The van der Waals surface area contributed by atoms with E-state index in [1.165, 1.54) is 11.9 Å². The molecule has 13 heavy (non-hydrogen) atoms. The summed E-state index contributed by atoms with van der Waals surface area (Å²) in [5.74, 6) is 0. The molecule has 1 aromatic carbocycles. The second kappa shape index (κ2) is 3.84. The van der Waals surface area contributed by atoms with Crippen LogP contribution in [0.2, 0.25) is 5.02 Å². The second-order valence-electron chi connectivity index (χ2n) is 2.51. The minimum Gasteiger partial charge on any atom is -0.306 e. The maximum Gasteiger partial charge on any atom is 0.0501 e. The summed E-state index contributed by atoms with van der Waals surface area (Å²) >= 11 is 11.4. The lowest BCUT2D eigenvalue weighted by atomic mass is 10.2. The number of nitrogens with zero attached hydrogens (tertiary/aromatic N) is 1. The van der Waals surface area contributed by atoms with Crippen LogP contribution in [0.25, 0.3) is 4.91 Å². The Kier molecular flexibility index (Phi) is 2.74. The van der Waals surface area contributed by atoms with Crippen molar-refractivity contribution in [2.75, 3.05) is 0 Å². The van der Waals surface area contributed by atoms with E-state index >= 15 is 0 Å². The van der Waals surface area contributed by atoms with Gasteiger partial charge in [0.1, 0.15) is 0 Å². The number of hydrogen-bond acceptors (Lipinski definition) is 4. The van der Waals surface area contributed by atoms with Crippen molar-refractivity contribution in [3.05, 3.63) is 41.1 Å². The minimum absolute atomic E-state index is 0.753. The molecule has 1 N–H and O–H groups in total. The van der Waals surface area contributed by atoms with Gasteiger partial charge in [-0.1, -0.05) is 36.5 Å². The van der Waals surface area contributed by atoms with Crippen LogP contribution >= 0.6 is 36.4 Å². The average molecular weight is 231 g/mol. The maximum atomic E-state index is 5.78. The Morgan fingerprint density at radius 3 is 2.54 bits per heavy atom. The van der Waals surface area contributed by atoms with Crippen LogP contribution in [0, 0.1) is 0 Å². The number of halogens is 1. The fourth-order valence-corrected chi connectivity index (χ4v) is 2.10. The monoisotopic (exact) mass is 230 g/mol. The third-order valence-electron chi connectivity index (χ3n) is 1.62. The lowest BCUT2D eigenvalue weighted by Crippen LogP contribution is -2.10. The Hall–Kier alpha value is -0.290. The normalized spacial score (nSPS) is 16.9. The molecule has 0 saturated heterocycles. The van der Waals surface area contributed by atoms with Gasteiger partial charge in [0.15, 0.2) is 0 Å². The molecule has 1 aliphatic heterocycles. The first kappa shape index (κ1) is 9.27. The Morgan fingerprint density at radius 1 is 1.31 bits per heavy atom. The zero-order valence-corrected chi connectivity index (χ0v) is 9.03. The van der Waals surface area contributed by atoms with Crippen LogP contribution in [0.3, 0.4) is 0 Å². The van der Waals surface area contributed by atoms with Gasteiger partial charge in [0.2, 0.25) is 0 Å². The smallest absolute Gasteiger partial charge is 0.0501 e. The minimum atomic E-state index is 0.753. The van der Waals surface area contributed by atoms with E-state index in [1.807, 2.05) is 30.5 Å². The van der Waals surface area contributed by atoms with E-state index in [2.05, 4.69) is 18.2 Å². The molecular formula is C8H7ClN2S2. The third kappa shape index (κ3) is 2.14. The molecule has 0 aliphatic carbocycles. The highest BCUT2D eigenvalue weighted by atomic mass is 35.5. The van der Waals surface area contributed by atoms with E-state index in [9.17, 15) is 0 Å². The third-order valence-corrected chi connectivity index (χ3v) is 3.06. The predicted octanol–water partition coefficient (Wildman–Crippen LogP) is 2.95. The molecule has 0 radical (unpaired) electrons. The summed E-state index contributed by atoms with van der Waals surface area (Å²) in [6.07, 6.45) is 1.90. The average Bonchev–Trinajstić information content (AvgIpc) is 2.53. The SMILES string of the molecule is SN1NC=C(c2ccc(Cl)cc2)S1. The molecule has 0 fully saturated rings. The van der Waals surface area contributed by atoms with Gasteiger partial charge in [-0.25, -0.2) is 0 Å². The number of thiol groups is 1. The first-order chi connectivity index (χ1) is 6.25. The summed E-state index contributed by atoms with van der Waals surface area (Å²) in [4.78, 5) is 1.13. The Balaban J connectivity index is 2.22. The molecule has 1 aliphatic rings. The van der Waals surface area contributed by atoms with Gasteiger partial charge in [-0.15, -0.1) is 3.82 Å². The highest BCUT2D eigenvalue weighted by Gasteiger charge is 2.12. The first-order valence-corrected chi connectivity index (χ1v) is 5.20. The number of nitrogens with one attached hydrogen (secondary N) is 1. The number of hydrogen-bond donors (Lipinski definition) is 2. The van der Waals surface area contributed by atoms with Crippen LogP contribution in [-0.4, -0.2) is 3.82 Å². The molecule has 0 saturated carbocycles. The van der Waals surface area contributed by atoms with Crippen molar-refractivity contribution < 1.29 is 0 Å². The van der Waals surface area contributed by atoms with Crippen molar-refractivity contribution in [2.24, 2.45) is 0 Å². The summed E-state index contributed by atoms with van der Waals surface area (Å²) in [7, 11) is 0. The Labute approximate surface area is 91.6 Å². The molecule has 2 nitrogen and oxygen atoms in total. The molecular weight excluding hydrogens is 224 g/mol. The molecule has 0 atom stereocenters. The van der Waals surface area contributed by atoms with E-state index in [0.29, 0.717) is 0 Å². The first-order valence-electron chi connectivity index (χ1n) is 3.65. The molecule has 1 heterocycles. The number of rotatable bonds is 1. The maximum absolute atomic E-state index is 5.78. The van der Waals surface area contributed by atoms with Crippen LogP contribution < -0.4 is 5.43 Å². The van der Waals surface area contributed by atoms with Gasteiger partial charge in [-0.3, -0.25) is 0 Å². The van der Waals surface area contributed by atoms with Gasteiger partial charge in [-0.05, 0) is 29.6 Å². The van der Waals surface area contributed by atoms with Crippen molar-refractivity contribution in [1.29, 1.82) is 0 Å². The van der Waals surface area contributed by atoms with Crippen LogP contribution in [0.5, 0.6) is 0 Å². The van der Waals surface area contributed by atoms with Crippen LogP contribution in [0.15, 0.2) is 30.5 Å². The highest BCUT2D eigenvalue weighted by Crippen LogP contribution is 2.34. The van der Waals surface area contributed by atoms with Gasteiger partial charge in [-0.2, -0.15) is 0 Å². The van der Waals surface area contributed by atoms with Crippen molar-refractivity contribution in [3.8, 4) is 0 Å². The molecule has 0 aromatic heterocycles. The van der Waals surface area contributed by atoms with E-state index in [0.717, 1.165) is 15.5 Å². The molecule has 0 unspecified atom stereocenters. The van der Waals surface area contributed by atoms with Gasteiger partial charge in [0.25, 0.3) is 0 Å². The largest absolute Gasteiger partial charge is 0.306 e. The molecule has 0 bridgehead atoms. The Morgan fingerprint density at radius 2 is 2.00 bits per heavy atom. The van der Waals surface area contributed by atoms with Crippen LogP contribution in [0.1, 0.15) is 5.56 Å². The lowest BCUT2D eigenvalue weighted by Gasteiger charge is -2.04. The van der Waals surface area contributed by atoms with Gasteiger partial charge >= 0.3 is 0 Å². The molecule has 68 valence electrons. The zero-order chi connectivity index (χ0) is 9.26. The van der Waals surface area contributed by atoms with Crippen molar-refractivity contribution in [1.82, 2.24) is 9.25 Å². The lowest BCUT2D eigenvalue weighted by molar-refractivity contribution is 0.676. The van der Waals surface area contributed by atoms with Crippen LogP contribution in [-0.2, 0) is 0 Å². The van der Waals surface area contributed by atoms with E-state index in [4.69, 9.17) is 11.6 Å². The summed E-state index contributed by atoms with van der Waals surface area (Å²) in [5, 5.41) is 0.753. The summed E-state index contributed by atoms with van der Waals surface area (Å²) in [5.41, 5.74) is 4.09. The molecule has 2 rings (SSSR count). The van der Waals surface area contributed by atoms with E-state index in [-0.39, 0.29) is 0 Å². The van der Waals surface area contributed by atoms with Crippen molar-refractivity contribution >= 4 is 41.3 Å². The van der Waals surface area contributed by atoms with Gasteiger partial charge in [0.05, 0.1) is 4.91 Å². The molecule has 0 spiro atoms. The van der Waals surface area contributed by atoms with Gasteiger partial charge in [0, 0.05) is 11.2 Å². The molecule has 0 amide bonds. The fraction of sp³-hybridized carbons (Fsp3) is 0. The summed E-state index contributed by atoms with van der Waals surface area (Å²) in [6, 6.07) is 7.71. The summed E-state index contributed by atoms with van der Waals surface area (Å²) < 4.78 is 1.64. The Bertz CT molecular complexity index is 337. The fourth-order valence-electron chi connectivity index (χ4n) is 1.01. The molecule has 1 aromatic rings. The quantitative estimate of drug-likeness (QED) is 0.570. The van der Waals surface area contributed by atoms with Crippen LogP contribution in [0.4, 0.5) is 0 Å². The molecule has 5 heteroatoms. The summed E-state index contributed by atoms with van der Waals surface area (Å²) in [6.45, 7) is 0. The predicted molar refractivity (Wildman–Crippen MR) is 61.0 cm³/mol.